The average Bonchev–Trinajstić information content (AvgIpc) is 3.19. The number of carbonyl (C=O) groups excluding carboxylic acids is 1. The van der Waals surface area contributed by atoms with Gasteiger partial charge in [0.1, 0.15) is 18.9 Å². The maximum absolute atomic E-state index is 12.6. The molecule has 1 atom stereocenters. The minimum absolute atomic E-state index is 0.00223. The largest absolute Gasteiger partial charge is 0.489 e. The quantitative estimate of drug-likeness (QED) is 0.454. The molecule has 1 aromatic heterocycles. The number of nitrogens with zero attached hydrogens (tertiary/aromatic N) is 1. The lowest BCUT2D eigenvalue weighted by atomic mass is 10.1. The Morgan fingerprint density at radius 3 is 2.35 bits per heavy atom. The van der Waals surface area contributed by atoms with Gasteiger partial charge in [-0.2, -0.15) is 0 Å². The smallest absolute Gasteiger partial charge is 0.330 e. The van der Waals surface area contributed by atoms with E-state index in [2.05, 4.69) is 5.32 Å². The molecule has 0 spiro atoms. The van der Waals surface area contributed by atoms with Crippen LogP contribution < -0.4 is 10.1 Å². The first-order valence-electron chi connectivity index (χ1n) is 9.93. The lowest BCUT2D eigenvalue weighted by molar-refractivity contribution is -0.142. The summed E-state index contributed by atoms with van der Waals surface area (Å²) >= 11 is 0. The molecule has 4 rings (SSSR count). The molecule has 0 bridgehead atoms. The second-order valence-corrected chi connectivity index (χ2v) is 7.19. The highest BCUT2D eigenvalue weighted by Crippen LogP contribution is 2.23. The number of carbonyl (C=O) groups is 2. The summed E-state index contributed by atoms with van der Waals surface area (Å²) in [5, 5.41) is 13.1. The van der Waals surface area contributed by atoms with E-state index in [4.69, 9.17) is 4.74 Å². The molecule has 0 saturated carbocycles. The Morgan fingerprint density at radius 1 is 0.935 bits per heavy atom. The molecule has 0 aliphatic rings. The van der Waals surface area contributed by atoms with Crippen molar-refractivity contribution in [1.82, 2.24) is 9.88 Å². The first kappa shape index (κ1) is 20.2. The van der Waals surface area contributed by atoms with Crippen molar-refractivity contribution >= 4 is 22.8 Å². The number of benzene rings is 3. The molecule has 2 N–H and O–H groups in total. The molecule has 156 valence electrons. The van der Waals surface area contributed by atoms with Gasteiger partial charge < -0.3 is 19.7 Å². The summed E-state index contributed by atoms with van der Waals surface area (Å²) in [7, 11) is 0. The Bertz CT molecular complexity index is 1190. The van der Waals surface area contributed by atoms with Crippen LogP contribution in [-0.2, 0) is 22.7 Å². The van der Waals surface area contributed by atoms with Crippen molar-refractivity contribution < 1.29 is 19.4 Å². The van der Waals surface area contributed by atoms with E-state index in [1.54, 1.807) is 34.9 Å². The van der Waals surface area contributed by atoms with Crippen LogP contribution in [-0.4, -0.2) is 21.6 Å². The minimum Gasteiger partial charge on any atom is -0.489 e. The van der Waals surface area contributed by atoms with Crippen LogP contribution in [0, 0.1) is 0 Å². The van der Waals surface area contributed by atoms with E-state index >= 15 is 0 Å². The number of carboxylic acid groups (broad SMARTS) is 1. The molecule has 1 amide bonds. The van der Waals surface area contributed by atoms with Crippen LogP contribution in [0.5, 0.6) is 5.75 Å². The van der Waals surface area contributed by atoms with Crippen molar-refractivity contribution in [2.24, 2.45) is 0 Å². The van der Waals surface area contributed by atoms with Gasteiger partial charge in [0.15, 0.2) is 6.04 Å². The van der Waals surface area contributed by atoms with E-state index in [0.29, 0.717) is 17.9 Å². The van der Waals surface area contributed by atoms with Crippen LogP contribution in [0.1, 0.15) is 17.2 Å². The number of hydrogen-bond acceptors (Lipinski definition) is 3. The van der Waals surface area contributed by atoms with Crippen LogP contribution >= 0.6 is 0 Å². The summed E-state index contributed by atoms with van der Waals surface area (Å²) in [5.41, 5.74) is 2.43. The number of rotatable bonds is 8. The highest BCUT2D eigenvalue weighted by Gasteiger charge is 2.22. The van der Waals surface area contributed by atoms with Gasteiger partial charge in [-0.25, -0.2) is 4.79 Å². The zero-order valence-electron chi connectivity index (χ0n) is 16.8. The summed E-state index contributed by atoms with van der Waals surface area (Å²) in [6, 6.07) is 25.1. The number of carboxylic acids is 1. The molecular weight excluding hydrogens is 392 g/mol. The zero-order chi connectivity index (χ0) is 21.6. The number of amides is 1. The Hall–Kier alpha value is -4.06. The molecule has 0 saturated heterocycles. The highest BCUT2D eigenvalue weighted by atomic mass is 16.5. The predicted molar refractivity (Wildman–Crippen MR) is 118 cm³/mol. The van der Waals surface area contributed by atoms with Crippen LogP contribution in [0.3, 0.4) is 0 Å². The number of fused-ring (bicyclic) bond motifs is 1. The molecule has 0 radical (unpaired) electrons. The third-order valence-corrected chi connectivity index (χ3v) is 4.99. The molecule has 6 heteroatoms. The standard InChI is InChI=1S/C25H22N2O4/c28-23(26-24(25(29)30)20-9-5-2-6-10-20)16-27-14-13-19-11-12-21(15-22(19)27)31-17-18-7-3-1-4-8-18/h1-15,24H,16-17H2,(H,26,28)(H,29,30)/t24-/m1/s1. The van der Waals surface area contributed by atoms with E-state index in [9.17, 15) is 14.7 Å². The maximum atomic E-state index is 12.6. The van der Waals surface area contributed by atoms with Gasteiger partial charge in [0.25, 0.3) is 0 Å². The molecule has 0 aliphatic heterocycles. The Labute approximate surface area is 179 Å². The summed E-state index contributed by atoms with van der Waals surface area (Å²) in [4.78, 5) is 24.3. The number of aromatic nitrogens is 1. The van der Waals surface area contributed by atoms with Gasteiger partial charge in [-0.3, -0.25) is 4.79 Å². The Balaban J connectivity index is 1.47. The fourth-order valence-electron chi connectivity index (χ4n) is 3.43. The molecular formula is C25H22N2O4. The summed E-state index contributed by atoms with van der Waals surface area (Å²) in [6.45, 7) is 0.452. The van der Waals surface area contributed by atoms with E-state index in [0.717, 1.165) is 16.5 Å². The van der Waals surface area contributed by atoms with Crippen LogP contribution in [0.25, 0.3) is 10.9 Å². The number of nitrogens with one attached hydrogen (secondary N) is 1. The van der Waals surface area contributed by atoms with Crippen molar-refractivity contribution in [1.29, 1.82) is 0 Å². The van der Waals surface area contributed by atoms with Crippen LogP contribution in [0.2, 0.25) is 0 Å². The molecule has 31 heavy (non-hydrogen) atoms. The summed E-state index contributed by atoms with van der Waals surface area (Å²) < 4.78 is 7.67. The van der Waals surface area contributed by atoms with Gasteiger partial charge in [0.05, 0.1) is 5.52 Å². The molecule has 1 heterocycles. The number of aliphatic carboxylic acids is 1. The minimum atomic E-state index is -1.10. The normalized spacial score (nSPS) is 11.7. The van der Waals surface area contributed by atoms with Gasteiger partial charge in [-0.1, -0.05) is 60.7 Å². The SMILES string of the molecule is O=C(Cn1ccc2ccc(OCc3ccccc3)cc21)N[C@@H](C(=O)O)c1ccccc1. The third kappa shape index (κ3) is 4.93. The molecule has 0 unspecified atom stereocenters. The monoisotopic (exact) mass is 414 g/mol. The zero-order valence-corrected chi connectivity index (χ0v) is 16.8. The topological polar surface area (TPSA) is 80.6 Å². The molecule has 4 aromatic rings. The van der Waals surface area contributed by atoms with Crippen molar-refractivity contribution in [3.05, 3.63) is 102 Å². The molecule has 0 aliphatic carbocycles. The summed E-state index contributed by atoms with van der Waals surface area (Å²) in [5.74, 6) is -0.790. The third-order valence-electron chi connectivity index (χ3n) is 4.99. The van der Waals surface area contributed by atoms with Gasteiger partial charge in [0, 0.05) is 12.3 Å². The van der Waals surface area contributed by atoms with Gasteiger partial charge in [-0.15, -0.1) is 0 Å². The molecule has 6 nitrogen and oxygen atoms in total. The fourth-order valence-corrected chi connectivity index (χ4v) is 3.43. The molecule has 0 fully saturated rings. The average molecular weight is 414 g/mol. The van der Waals surface area contributed by atoms with Crippen molar-refractivity contribution in [2.75, 3.05) is 0 Å². The van der Waals surface area contributed by atoms with Gasteiger partial charge in [-0.05, 0) is 34.7 Å². The number of ether oxygens (including phenoxy) is 1. The number of hydrogen-bond donors (Lipinski definition) is 2. The van der Waals surface area contributed by atoms with Crippen LogP contribution in [0.15, 0.2) is 91.1 Å². The fraction of sp³-hybridized carbons (Fsp3) is 0.120. The Kier molecular flexibility index (Phi) is 5.98. The maximum Gasteiger partial charge on any atom is 0.330 e. The van der Waals surface area contributed by atoms with Crippen LogP contribution in [0.4, 0.5) is 0 Å². The second-order valence-electron chi connectivity index (χ2n) is 7.19. The molecule has 3 aromatic carbocycles. The van der Waals surface area contributed by atoms with Crippen molar-refractivity contribution in [3.8, 4) is 5.75 Å². The van der Waals surface area contributed by atoms with E-state index in [-0.39, 0.29) is 12.5 Å². The van der Waals surface area contributed by atoms with E-state index in [1.165, 1.54) is 0 Å². The van der Waals surface area contributed by atoms with Gasteiger partial charge >= 0.3 is 5.97 Å². The first-order chi connectivity index (χ1) is 15.1. The van der Waals surface area contributed by atoms with E-state index < -0.39 is 12.0 Å². The van der Waals surface area contributed by atoms with Gasteiger partial charge in [0.2, 0.25) is 5.91 Å². The first-order valence-corrected chi connectivity index (χ1v) is 9.93. The van der Waals surface area contributed by atoms with Crippen molar-refractivity contribution in [3.63, 3.8) is 0 Å². The lowest BCUT2D eigenvalue weighted by Gasteiger charge is -2.15. The predicted octanol–water partition coefficient (Wildman–Crippen LogP) is 4.16. The highest BCUT2D eigenvalue weighted by molar-refractivity contribution is 5.87. The lowest BCUT2D eigenvalue weighted by Crippen LogP contribution is -2.35. The summed E-state index contributed by atoms with van der Waals surface area (Å²) in [6.07, 6.45) is 1.81. The second kappa shape index (κ2) is 9.17. The Morgan fingerprint density at radius 2 is 1.65 bits per heavy atom. The van der Waals surface area contributed by atoms with Crippen molar-refractivity contribution in [2.45, 2.75) is 19.2 Å². The van der Waals surface area contributed by atoms with E-state index in [1.807, 2.05) is 60.8 Å².